The SMILES string of the molecule is [NH3+]CCCCCCCC[NH3+].[O-][Cl+3]([O-])([O-])[O-].[O-][Cl+3]([O-])([O-])[O-]. The van der Waals surface area contributed by atoms with Crippen molar-refractivity contribution < 1.29 is 69.2 Å². The second kappa shape index (κ2) is 15.6. The number of unbranched alkanes of at least 4 members (excludes halogenated alkanes) is 5. The monoisotopic (exact) mass is 344 g/mol. The van der Waals surface area contributed by atoms with Gasteiger partial charge in [0.25, 0.3) is 0 Å². The average molecular weight is 345 g/mol. The Bertz CT molecular complexity index is 156. The Labute approximate surface area is 121 Å². The zero-order valence-corrected chi connectivity index (χ0v) is 12.6. The number of quaternary nitrogens is 2. The summed E-state index contributed by atoms with van der Waals surface area (Å²) in [6, 6.07) is 0. The largest absolute Gasteiger partial charge is 0.358 e. The van der Waals surface area contributed by atoms with Gasteiger partial charge < -0.3 is 11.5 Å². The van der Waals surface area contributed by atoms with Crippen LogP contribution in [0.5, 0.6) is 0 Å². The van der Waals surface area contributed by atoms with Gasteiger partial charge in [0.1, 0.15) is 0 Å². The maximum atomic E-state index is 8.49. The molecule has 0 saturated heterocycles. The molecule has 0 saturated carbocycles. The molecule has 0 amide bonds. The summed E-state index contributed by atoms with van der Waals surface area (Å²) in [6.45, 7) is 2.21. The van der Waals surface area contributed by atoms with Crippen molar-refractivity contribution in [3.63, 3.8) is 0 Å². The maximum absolute atomic E-state index is 8.49. The Kier molecular flexibility index (Phi) is 19.6. The normalized spacial score (nSPS) is 11.1. The molecular formula is C8H22Cl2N2O8. The Morgan fingerprint density at radius 1 is 0.450 bits per heavy atom. The third-order valence-electron chi connectivity index (χ3n) is 1.75. The molecule has 126 valence electrons. The van der Waals surface area contributed by atoms with Gasteiger partial charge in [-0.15, -0.1) is 20.5 Å². The lowest BCUT2D eigenvalue weighted by Crippen LogP contribution is -2.68. The second-order valence-corrected chi connectivity index (χ2v) is 5.10. The molecular weight excluding hydrogens is 323 g/mol. The molecule has 0 aromatic rings. The first kappa shape index (κ1) is 25.2. The lowest BCUT2D eigenvalue weighted by atomic mass is 10.1. The van der Waals surface area contributed by atoms with Crippen molar-refractivity contribution in [3.05, 3.63) is 0 Å². The van der Waals surface area contributed by atoms with E-state index in [0.29, 0.717) is 0 Å². The van der Waals surface area contributed by atoms with Gasteiger partial charge in [0, 0.05) is 0 Å². The summed E-state index contributed by atoms with van der Waals surface area (Å²) < 4.78 is 67.9. The van der Waals surface area contributed by atoms with Gasteiger partial charge in [-0.25, -0.2) is 37.3 Å². The van der Waals surface area contributed by atoms with Crippen LogP contribution in [0.15, 0.2) is 0 Å². The van der Waals surface area contributed by atoms with E-state index in [1.807, 2.05) is 0 Å². The Balaban J connectivity index is -0.000000244. The van der Waals surface area contributed by atoms with E-state index in [0.717, 1.165) is 13.1 Å². The van der Waals surface area contributed by atoms with Crippen molar-refractivity contribution in [1.29, 1.82) is 0 Å². The molecule has 0 radical (unpaired) electrons. The van der Waals surface area contributed by atoms with Gasteiger partial charge in [-0.3, -0.25) is 0 Å². The minimum Gasteiger partial charge on any atom is -0.358 e. The molecule has 0 aromatic carbocycles. The topological polar surface area (TPSA) is 240 Å². The number of hydrogen-bond donors (Lipinski definition) is 2. The molecule has 0 spiro atoms. The zero-order valence-electron chi connectivity index (χ0n) is 11.1. The zero-order chi connectivity index (χ0) is 16.7. The standard InChI is InChI=1S/C8H20N2.2ClHO4/c9-7-5-3-1-2-4-6-8-10;2*2-1(3,4)5/h1-10H2;2*(H,2,3,4,5). The number of halogens is 2. The van der Waals surface area contributed by atoms with Crippen LogP contribution in [0.2, 0.25) is 0 Å². The summed E-state index contributed by atoms with van der Waals surface area (Å²) in [6.07, 6.45) is 8.17. The molecule has 0 atom stereocenters. The third-order valence-corrected chi connectivity index (χ3v) is 1.75. The minimum absolute atomic E-state index is 1.11. The Morgan fingerprint density at radius 2 is 0.600 bits per heavy atom. The molecule has 6 N–H and O–H groups in total. The summed E-state index contributed by atoms with van der Waals surface area (Å²) in [5, 5.41) is 0. The van der Waals surface area contributed by atoms with Crippen molar-refractivity contribution in [1.82, 2.24) is 0 Å². The molecule has 0 unspecified atom stereocenters. The minimum atomic E-state index is -4.94. The molecule has 10 nitrogen and oxygen atoms in total. The highest BCUT2D eigenvalue weighted by Crippen LogP contribution is 2.02. The van der Waals surface area contributed by atoms with Crippen LogP contribution in [-0.2, 0) is 0 Å². The molecule has 20 heavy (non-hydrogen) atoms. The molecule has 0 heterocycles. The summed E-state index contributed by atoms with van der Waals surface area (Å²) in [5.41, 5.74) is 7.62. The van der Waals surface area contributed by atoms with Crippen LogP contribution in [0.4, 0.5) is 0 Å². The highest BCUT2D eigenvalue weighted by atomic mass is 35.7. The van der Waals surface area contributed by atoms with Crippen LogP contribution in [0.25, 0.3) is 0 Å². The predicted molar refractivity (Wildman–Crippen MR) is 43.2 cm³/mol. The Hall–Kier alpha value is 0.180. The van der Waals surface area contributed by atoms with Gasteiger partial charge in [0.15, 0.2) is 0 Å². The van der Waals surface area contributed by atoms with E-state index in [1.54, 1.807) is 0 Å². The first-order valence-corrected chi connectivity index (χ1v) is 8.20. The lowest BCUT2D eigenvalue weighted by molar-refractivity contribution is -2.00. The quantitative estimate of drug-likeness (QED) is 0.418. The molecule has 0 fully saturated rings. The van der Waals surface area contributed by atoms with Crippen LogP contribution < -0.4 is 48.7 Å². The highest BCUT2D eigenvalue weighted by Gasteiger charge is 1.89. The van der Waals surface area contributed by atoms with Gasteiger partial charge in [-0.1, -0.05) is 12.8 Å². The number of rotatable bonds is 7. The fourth-order valence-corrected chi connectivity index (χ4v) is 1.06. The lowest BCUT2D eigenvalue weighted by Gasteiger charge is -2.17. The van der Waals surface area contributed by atoms with Gasteiger partial charge >= 0.3 is 0 Å². The van der Waals surface area contributed by atoms with E-state index in [2.05, 4.69) is 11.5 Å². The van der Waals surface area contributed by atoms with E-state index in [-0.39, 0.29) is 0 Å². The summed E-state index contributed by atoms with van der Waals surface area (Å²) in [5.74, 6) is 0. The van der Waals surface area contributed by atoms with E-state index >= 15 is 0 Å². The van der Waals surface area contributed by atoms with Crippen molar-refractivity contribution in [2.45, 2.75) is 38.5 Å². The van der Waals surface area contributed by atoms with Crippen LogP contribution >= 0.6 is 0 Å². The molecule has 0 aliphatic heterocycles. The van der Waals surface area contributed by atoms with Crippen LogP contribution in [0.1, 0.15) is 38.5 Å². The summed E-state index contributed by atoms with van der Waals surface area (Å²) in [4.78, 5) is 0. The first-order chi connectivity index (χ1) is 8.91. The van der Waals surface area contributed by atoms with Crippen LogP contribution in [-0.4, -0.2) is 13.1 Å². The first-order valence-electron chi connectivity index (χ1n) is 5.73. The molecule has 0 rings (SSSR count). The second-order valence-electron chi connectivity index (χ2n) is 3.58. The summed E-state index contributed by atoms with van der Waals surface area (Å²) >= 11 is 0. The van der Waals surface area contributed by atoms with E-state index < -0.39 is 20.5 Å². The molecule has 12 heteroatoms. The number of hydrogen-bond acceptors (Lipinski definition) is 8. The van der Waals surface area contributed by atoms with E-state index in [4.69, 9.17) is 37.3 Å². The molecule has 0 aliphatic carbocycles. The molecule has 0 bridgehead atoms. The maximum Gasteiger partial charge on any atom is 0.0739 e. The van der Waals surface area contributed by atoms with Gasteiger partial charge in [0.2, 0.25) is 0 Å². The van der Waals surface area contributed by atoms with Crippen LogP contribution in [0.3, 0.4) is 0 Å². The smallest absolute Gasteiger partial charge is 0.0739 e. The third kappa shape index (κ3) is 104. The van der Waals surface area contributed by atoms with Gasteiger partial charge in [-0.05, 0) is 25.7 Å². The summed E-state index contributed by atoms with van der Waals surface area (Å²) in [7, 11) is -9.89. The van der Waals surface area contributed by atoms with E-state index in [1.165, 1.54) is 38.5 Å². The van der Waals surface area contributed by atoms with Gasteiger partial charge in [0.05, 0.1) is 13.1 Å². The molecule has 0 aromatic heterocycles. The van der Waals surface area contributed by atoms with Crippen LogP contribution in [0, 0.1) is 20.5 Å². The van der Waals surface area contributed by atoms with Crippen molar-refractivity contribution in [3.8, 4) is 0 Å². The van der Waals surface area contributed by atoms with Crippen molar-refractivity contribution >= 4 is 0 Å². The highest BCUT2D eigenvalue weighted by molar-refractivity contribution is 4.42. The Morgan fingerprint density at radius 3 is 0.750 bits per heavy atom. The fourth-order valence-electron chi connectivity index (χ4n) is 1.06. The van der Waals surface area contributed by atoms with Crippen molar-refractivity contribution in [2.75, 3.05) is 13.1 Å². The molecule has 0 aliphatic rings. The fraction of sp³-hybridized carbons (Fsp3) is 1.00. The predicted octanol–water partition coefficient (Wildman–Crippen LogP) is -9.70. The van der Waals surface area contributed by atoms with Crippen molar-refractivity contribution in [2.24, 2.45) is 0 Å². The average Bonchev–Trinajstić information content (AvgIpc) is 2.18. The van der Waals surface area contributed by atoms with E-state index in [9.17, 15) is 0 Å². The van der Waals surface area contributed by atoms with Gasteiger partial charge in [-0.2, -0.15) is 0 Å².